The van der Waals surface area contributed by atoms with Crippen molar-refractivity contribution in [2.24, 2.45) is 11.1 Å². The van der Waals surface area contributed by atoms with Gasteiger partial charge < -0.3 is 25.2 Å². The van der Waals surface area contributed by atoms with Crippen LogP contribution in [0.1, 0.15) is 24.8 Å². The third-order valence-corrected chi connectivity index (χ3v) is 6.66. The summed E-state index contributed by atoms with van der Waals surface area (Å²) in [7, 11) is 0. The fourth-order valence-corrected chi connectivity index (χ4v) is 4.88. The molecule has 0 unspecified atom stereocenters. The van der Waals surface area contributed by atoms with Crippen LogP contribution in [0.2, 0.25) is 0 Å². The van der Waals surface area contributed by atoms with Gasteiger partial charge in [0.1, 0.15) is 0 Å². The minimum atomic E-state index is -0.216. The quantitative estimate of drug-likeness (QED) is 0.779. The van der Waals surface area contributed by atoms with Gasteiger partial charge in [0.2, 0.25) is 0 Å². The number of aliphatic hydroxyl groups excluding tert-OH is 1. The molecule has 3 N–H and O–H groups in total. The third kappa shape index (κ3) is 4.00. The van der Waals surface area contributed by atoms with Gasteiger partial charge in [-0.2, -0.15) is 0 Å². The number of ether oxygens (including phenoxy) is 2. The van der Waals surface area contributed by atoms with Gasteiger partial charge in [-0.25, -0.2) is 0 Å². The highest BCUT2D eigenvalue weighted by molar-refractivity contribution is 5.49. The van der Waals surface area contributed by atoms with E-state index >= 15 is 0 Å². The first-order valence-electron chi connectivity index (χ1n) is 10.3. The predicted molar refractivity (Wildman–Crippen MR) is 106 cm³/mol. The van der Waals surface area contributed by atoms with Crippen molar-refractivity contribution in [3.05, 3.63) is 29.8 Å². The zero-order valence-electron chi connectivity index (χ0n) is 16.2. The Morgan fingerprint density at radius 1 is 1.19 bits per heavy atom. The van der Waals surface area contributed by atoms with E-state index in [2.05, 4.69) is 34.1 Å². The Morgan fingerprint density at radius 2 is 1.96 bits per heavy atom. The molecule has 2 aliphatic heterocycles. The largest absolute Gasteiger partial charge is 0.392 e. The minimum Gasteiger partial charge on any atom is -0.392 e. The van der Waals surface area contributed by atoms with Crippen molar-refractivity contribution in [2.75, 3.05) is 57.4 Å². The molecular weight excluding hydrogens is 342 g/mol. The van der Waals surface area contributed by atoms with Crippen molar-refractivity contribution in [2.45, 2.75) is 38.0 Å². The van der Waals surface area contributed by atoms with E-state index in [0.29, 0.717) is 13.2 Å². The van der Waals surface area contributed by atoms with Crippen LogP contribution < -0.4 is 10.6 Å². The predicted octanol–water partition coefficient (Wildman–Crippen LogP) is 1.21. The van der Waals surface area contributed by atoms with Gasteiger partial charge in [-0.3, -0.25) is 4.90 Å². The lowest BCUT2D eigenvalue weighted by atomic mass is 9.58. The van der Waals surface area contributed by atoms with Crippen molar-refractivity contribution in [3.63, 3.8) is 0 Å². The maximum Gasteiger partial charge on any atom is 0.0682 e. The molecule has 6 nitrogen and oxygen atoms in total. The van der Waals surface area contributed by atoms with E-state index in [1.165, 1.54) is 11.3 Å². The highest BCUT2D eigenvalue weighted by atomic mass is 16.5. The molecule has 1 aromatic rings. The van der Waals surface area contributed by atoms with Crippen molar-refractivity contribution in [3.8, 4) is 0 Å². The number of nitrogens with two attached hydrogens (primary N) is 1. The lowest BCUT2D eigenvalue weighted by Crippen LogP contribution is -2.62. The van der Waals surface area contributed by atoms with Gasteiger partial charge in [-0.1, -0.05) is 12.1 Å². The van der Waals surface area contributed by atoms with Crippen LogP contribution in [-0.2, 0) is 16.0 Å². The Hall–Kier alpha value is -1.18. The monoisotopic (exact) mass is 375 g/mol. The summed E-state index contributed by atoms with van der Waals surface area (Å²) >= 11 is 0. The Morgan fingerprint density at radius 3 is 2.67 bits per heavy atom. The third-order valence-electron chi connectivity index (χ3n) is 6.66. The number of piperidine rings is 1. The number of morpholine rings is 1. The molecule has 2 atom stereocenters. The van der Waals surface area contributed by atoms with Crippen LogP contribution in [-0.4, -0.2) is 74.8 Å². The first-order chi connectivity index (χ1) is 13.2. The van der Waals surface area contributed by atoms with E-state index < -0.39 is 0 Å². The van der Waals surface area contributed by atoms with E-state index in [1.54, 1.807) is 0 Å². The number of rotatable bonds is 6. The van der Waals surface area contributed by atoms with Gasteiger partial charge in [0, 0.05) is 43.7 Å². The molecule has 0 radical (unpaired) electrons. The normalized spacial score (nSPS) is 28.3. The van der Waals surface area contributed by atoms with E-state index in [0.717, 1.165) is 65.2 Å². The second-order valence-corrected chi connectivity index (χ2v) is 8.18. The molecule has 1 aromatic carbocycles. The molecule has 2 heterocycles. The van der Waals surface area contributed by atoms with Crippen molar-refractivity contribution >= 4 is 5.69 Å². The number of hydrogen-bond acceptors (Lipinski definition) is 6. The van der Waals surface area contributed by atoms with Crippen LogP contribution in [0.5, 0.6) is 0 Å². The molecule has 3 fully saturated rings. The Kier molecular flexibility index (Phi) is 5.99. The fourth-order valence-electron chi connectivity index (χ4n) is 4.88. The molecule has 1 saturated carbocycles. The van der Waals surface area contributed by atoms with Crippen LogP contribution in [0.4, 0.5) is 5.69 Å². The zero-order chi connectivity index (χ0) is 18.7. The average molecular weight is 376 g/mol. The van der Waals surface area contributed by atoms with Gasteiger partial charge in [0.15, 0.2) is 0 Å². The summed E-state index contributed by atoms with van der Waals surface area (Å²) < 4.78 is 11.4. The molecule has 0 aromatic heterocycles. The molecule has 0 amide bonds. The highest BCUT2D eigenvalue weighted by Gasteiger charge is 2.55. The standard InChI is InChI=1S/C21H33N3O3/c22-6-11-27-20-15-19(25)21(20)4-7-23(8-5-21)16-17-2-1-3-18(14-17)24-9-12-26-13-10-24/h1-3,14,19-20,25H,4-13,15-16,22H2/t19-,20+/m0/s1. The lowest BCUT2D eigenvalue weighted by Gasteiger charge is -2.56. The highest BCUT2D eigenvalue weighted by Crippen LogP contribution is 2.51. The summed E-state index contributed by atoms with van der Waals surface area (Å²) in [5.41, 5.74) is 8.20. The molecular formula is C21H33N3O3. The number of anilines is 1. The minimum absolute atomic E-state index is 0.0404. The molecule has 1 aliphatic carbocycles. The molecule has 1 spiro atoms. The van der Waals surface area contributed by atoms with Gasteiger partial charge in [0.05, 0.1) is 32.0 Å². The van der Waals surface area contributed by atoms with Gasteiger partial charge in [-0.15, -0.1) is 0 Å². The Bertz CT molecular complexity index is 612. The zero-order valence-corrected chi connectivity index (χ0v) is 16.2. The van der Waals surface area contributed by atoms with Crippen LogP contribution in [0, 0.1) is 5.41 Å². The number of hydrogen-bond donors (Lipinski definition) is 2. The number of benzene rings is 1. The van der Waals surface area contributed by atoms with Crippen molar-refractivity contribution in [1.29, 1.82) is 0 Å². The summed E-state index contributed by atoms with van der Waals surface area (Å²) in [4.78, 5) is 4.91. The smallest absolute Gasteiger partial charge is 0.0682 e. The van der Waals surface area contributed by atoms with E-state index in [1.807, 2.05) is 0 Å². The van der Waals surface area contributed by atoms with E-state index in [-0.39, 0.29) is 17.6 Å². The average Bonchev–Trinajstić information content (AvgIpc) is 2.72. The van der Waals surface area contributed by atoms with E-state index in [4.69, 9.17) is 15.2 Å². The Labute approximate surface area is 162 Å². The molecule has 150 valence electrons. The number of nitrogens with zero attached hydrogens (tertiary/aromatic N) is 2. The topological polar surface area (TPSA) is 71.2 Å². The SMILES string of the molecule is NCCO[C@@H]1C[C@H](O)C12CCN(Cc1cccc(N3CCOCC3)c1)CC2. The van der Waals surface area contributed by atoms with Crippen LogP contribution in [0.15, 0.2) is 24.3 Å². The summed E-state index contributed by atoms with van der Waals surface area (Å²) in [6, 6.07) is 8.91. The van der Waals surface area contributed by atoms with Gasteiger partial charge in [-0.05, 0) is 43.6 Å². The molecule has 27 heavy (non-hydrogen) atoms. The first-order valence-corrected chi connectivity index (χ1v) is 10.3. The van der Waals surface area contributed by atoms with Crippen LogP contribution in [0.3, 0.4) is 0 Å². The second-order valence-electron chi connectivity index (χ2n) is 8.18. The van der Waals surface area contributed by atoms with Crippen molar-refractivity contribution < 1.29 is 14.6 Å². The van der Waals surface area contributed by atoms with Gasteiger partial charge >= 0.3 is 0 Å². The Balaban J connectivity index is 1.33. The maximum absolute atomic E-state index is 10.4. The lowest BCUT2D eigenvalue weighted by molar-refractivity contribution is -0.210. The summed E-state index contributed by atoms with van der Waals surface area (Å²) in [6.07, 6.45) is 2.75. The van der Waals surface area contributed by atoms with Gasteiger partial charge in [0.25, 0.3) is 0 Å². The number of aliphatic hydroxyl groups is 1. The van der Waals surface area contributed by atoms with Crippen molar-refractivity contribution in [1.82, 2.24) is 4.90 Å². The summed E-state index contributed by atoms with van der Waals surface area (Å²) in [5.74, 6) is 0. The molecule has 4 rings (SSSR count). The number of likely N-dealkylation sites (tertiary alicyclic amines) is 1. The maximum atomic E-state index is 10.4. The fraction of sp³-hybridized carbons (Fsp3) is 0.714. The molecule has 0 bridgehead atoms. The van der Waals surface area contributed by atoms with E-state index in [9.17, 15) is 5.11 Å². The second kappa shape index (κ2) is 8.45. The summed E-state index contributed by atoms with van der Waals surface area (Å²) in [6.45, 7) is 7.71. The molecule has 6 heteroatoms. The summed E-state index contributed by atoms with van der Waals surface area (Å²) in [5, 5.41) is 10.4. The molecule has 3 aliphatic rings. The molecule has 2 saturated heterocycles. The van der Waals surface area contributed by atoms with Crippen LogP contribution >= 0.6 is 0 Å². The first kappa shape index (κ1) is 19.2. The van der Waals surface area contributed by atoms with Crippen LogP contribution in [0.25, 0.3) is 0 Å².